The number of aliphatic hydroxyl groups excluding tert-OH is 1. The van der Waals surface area contributed by atoms with Gasteiger partial charge in [-0.05, 0) is 31.2 Å². The first-order valence-corrected chi connectivity index (χ1v) is 9.16. The standard InChI is InChI=1S/C17H22Cl2N2O4/c18-11-7-10(14(23)8-12(11)19)15(20)9-1-4-21(5-2-9)17(24)16-13(22)3-6-25-16/h7-9,13,15-16,22-23H,1-6,20H2/t13-,15?,16+/m0/s1. The number of halogens is 2. The Bertz CT molecular complexity index is 650. The van der Waals surface area contributed by atoms with Crippen LogP contribution in [0.25, 0.3) is 0 Å². The van der Waals surface area contributed by atoms with E-state index in [0.29, 0.717) is 49.5 Å². The van der Waals surface area contributed by atoms with Crippen LogP contribution in [0.15, 0.2) is 12.1 Å². The highest BCUT2D eigenvalue weighted by atomic mass is 35.5. The third-order valence-corrected chi connectivity index (χ3v) is 5.81. The van der Waals surface area contributed by atoms with Crippen molar-refractivity contribution in [2.45, 2.75) is 37.5 Å². The van der Waals surface area contributed by atoms with Gasteiger partial charge in [-0.25, -0.2) is 0 Å². The number of ether oxygens (including phenoxy) is 1. The van der Waals surface area contributed by atoms with E-state index in [0.717, 1.165) is 0 Å². The zero-order valence-corrected chi connectivity index (χ0v) is 15.2. The van der Waals surface area contributed by atoms with Crippen molar-refractivity contribution >= 4 is 29.1 Å². The largest absolute Gasteiger partial charge is 0.508 e. The van der Waals surface area contributed by atoms with E-state index in [9.17, 15) is 15.0 Å². The third kappa shape index (κ3) is 3.88. The normalized spacial score (nSPS) is 26.0. The molecule has 8 heteroatoms. The lowest BCUT2D eigenvalue weighted by atomic mass is 9.85. The molecular formula is C17H22Cl2N2O4. The molecule has 0 spiro atoms. The molecule has 1 amide bonds. The number of hydrogen-bond acceptors (Lipinski definition) is 5. The number of hydrogen-bond donors (Lipinski definition) is 3. The predicted molar refractivity (Wildman–Crippen MR) is 94.7 cm³/mol. The van der Waals surface area contributed by atoms with E-state index >= 15 is 0 Å². The molecular weight excluding hydrogens is 367 g/mol. The second-order valence-corrected chi connectivity index (χ2v) is 7.48. The van der Waals surface area contributed by atoms with Gasteiger partial charge in [0.05, 0.1) is 22.8 Å². The molecule has 2 aliphatic rings. The number of phenolic OH excluding ortho intramolecular Hbond substituents is 1. The molecule has 0 aliphatic carbocycles. The number of aromatic hydroxyl groups is 1. The highest BCUT2D eigenvalue weighted by Gasteiger charge is 2.37. The molecule has 0 saturated carbocycles. The SMILES string of the molecule is NC(c1cc(Cl)c(Cl)cc1O)C1CCN(C(=O)[C@@H]2OCC[C@@H]2O)CC1. The van der Waals surface area contributed by atoms with Gasteiger partial charge in [0.2, 0.25) is 0 Å². The average Bonchev–Trinajstić information content (AvgIpc) is 3.03. The first kappa shape index (κ1) is 18.7. The number of aliphatic hydroxyl groups is 1. The smallest absolute Gasteiger partial charge is 0.254 e. The van der Waals surface area contributed by atoms with Crippen LogP contribution >= 0.6 is 23.2 Å². The molecule has 2 saturated heterocycles. The summed E-state index contributed by atoms with van der Waals surface area (Å²) in [6.07, 6.45) is 0.434. The Hall–Kier alpha value is -1.05. The molecule has 2 heterocycles. The van der Waals surface area contributed by atoms with E-state index in [4.69, 9.17) is 33.7 Å². The molecule has 2 fully saturated rings. The Labute approximate surface area is 156 Å². The summed E-state index contributed by atoms with van der Waals surface area (Å²) in [6.45, 7) is 1.51. The molecule has 3 rings (SSSR count). The summed E-state index contributed by atoms with van der Waals surface area (Å²) >= 11 is 11.9. The summed E-state index contributed by atoms with van der Waals surface area (Å²) in [6, 6.07) is 2.61. The highest BCUT2D eigenvalue weighted by molar-refractivity contribution is 6.42. The van der Waals surface area contributed by atoms with Crippen LogP contribution in [-0.2, 0) is 9.53 Å². The third-order valence-electron chi connectivity index (χ3n) is 5.09. The van der Waals surface area contributed by atoms with Gasteiger partial charge in [-0.1, -0.05) is 23.2 Å². The van der Waals surface area contributed by atoms with Gasteiger partial charge in [-0.3, -0.25) is 4.79 Å². The number of amides is 1. The second kappa shape index (κ2) is 7.68. The fourth-order valence-corrected chi connectivity index (χ4v) is 3.88. The van der Waals surface area contributed by atoms with Gasteiger partial charge in [-0.15, -0.1) is 0 Å². The topological polar surface area (TPSA) is 96.0 Å². The predicted octanol–water partition coefficient (Wildman–Crippen LogP) is 2.09. The van der Waals surface area contributed by atoms with Crippen LogP contribution < -0.4 is 5.73 Å². The van der Waals surface area contributed by atoms with E-state index in [2.05, 4.69) is 0 Å². The average molecular weight is 389 g/mol. The van der Waals surface area contributed by atoms with E-state index in [-0.39, 0.29) is 28.6 Å². The Morgan fingerprint density at radius 3 is 2.48 bits per heavy atom. The summed E-state index contributed by atoms with van der Waals surface area (Å²) in [5, 5.41) is 20.5. The number of likely N-dealkylation sites (tertiary alicyclic amines) is 1. The number of phenols is 1. The second-order valence-electron chi connectivity index (χ2n) is 6.66. The van der Waals surface area contributed by atoms with Gasteiger partial charge < -0.3 is 25.6 Å². The van der Waals surface area contributed by atoms with Crippen LogP contribution in [0.5, 0.6) is 5.75 Å². The summed E-state index contributed by atoms with van der Waals surface area (Å²) in [4.78, 5) is 14.2. The quantitative estimate of drug-likeness (QED) is 0.736. The molecule has 1 unspecified atom stereocenters. The number of nitrogens with zero attached hydrogens (tertiary/aromatic N) is 1. The minimum absolute atomic E-state index is 0.0304. The van der Waals surface area contributed by atoms with E-state index in [1.807, 2.05) is 0 Å². The molecule has 6 nitrogen and oxygen atoms in total. The van der Waals surface area contributed by atoms with Crippen LogP contribution in [0.4, 0.5) is 0 Å². The number of carbonyl (C=O) groups excluding carboxylic acids is 1. The number of rotatable bonds is 3. The number of nitrogens with two attached hydrogens (primary N) is 1. The molecule has 0 radical (unpaired) electrons. The Morgan fingerprint density at radius 1 is 1.24 bits per heavy atom. The van der Waals surface area contributed by atoms with Crippen LogP contribution in [0.2, 0.25) is 10.0 Å². The molecule has 3 atom stereocenters. The maximum absolute atomic E-state index is 12.4. The van der Waals surface area contributed by atoms with E-state index < -0.39 is 12.2 Å². The Balaban J connectivity index is 1.62. The molecule has 1 aromatic rings. The number of carbonyl (C=O) groups is 1. The fourth-order valence-electron chi connectivity index (χ4n) is 3.55. The highest BCUT2D eigenvalue weighted by Crippen LogP contribution is 2.38. The zero-order chi connectivity index (χ0) is 18.1. The van der Waals surface area contributed by atoms with Gasteiger partial charge in [0.1, 0.15) is 5.75 Å². The van der Waals surface area contributed by atoms with Crippen molar-refractivity contribution in [3.05, 3.63) is 27.7 Å². The van der Waals surface area contributed by atoms with Gasteiger partial charge in [0.25, 0.3) is 5.91 Å². The van der Waals surface area contributed by atoms with Crippen molar-refractivity contribution in [1.29, 1.82) is 0 Å². The lowest BCUT2D eigenvalue weighted by Crippen LogP contribution is -2.47. The van der Waals surface area contributed by atoms with Crippen molar-refractivity contribution in [2.75, 3.05) is 19.7 Å². The summed E-state index contributed by atoms with van der Waals surface area (Å²) in [7, 11) is 0. The molecule has 1 aromatic carbocycles. The van der Waals surface area contributed by atoms with E-state index in [1.165, 1.54) is 6.07 Å². The molecule has 4 N–H and O–H groups in total. The van der Waals surface area contributed by atoms with Crippen molar-refractivity contribution in [2.24, 2.45) is 11.7 Å². The van der Waals surface area contributed by atoms with E-state index in [1.54, 1.807) is 11.0 Å². The minimum atomic E-state index is -0.746. The van der Waals surface area contributed by atoms with Gasteiger partial charge in [0.15, 0.2) is 6.10 Å². The molecule has 25 heavy (non-hydrogen) atoms. The zero-order valence-electron chi connectivity index (χ0n) is 13.7. The molecule has 2 aliphatic heterocycles. The van der Waals surface area contributed by atoms with Crippen molar-refractivity contribution in [1.82, 2.24) is 4.90 Å². The van der Waals surface area contributed by atoms with Crippen molar-refractivity contribution < 1.29 is 19.7 Å². The lowest BCUT2D eigenvalue weighted by molar-refractivity contribution is -0.146. The minimum Gasteiger partial charge on any atom is -0.508 e. The van der Waals surface area contributed by atoms with Gasteiger partial charge in [-0.2, -0.15) is 0 Å². The Kier molecular flexibility index (Phi) is 5.75. The van der Waals surface area contributed by atoms with Crippen molar-refractivity contribution in [3.63, 3.8) is 0 Å². The van der Waals surface area contributed by atoms with Gasteiger partial charge in [0, 0.05) is 30.8 Å². The molecule has 0 bridgehead atoms. The first-order valence-electron chi connectivity index (χ1n) is 8.40. The van der Waals surface area contributed by atoms with Crippen molar-refractivity contribution in [3.8, 4) is 5.75 Å². The summed E-state index contributed by atoms with van der Waals surface area (Å²) in [5.74, 6) is -0.0149. The summed E-state index contributed by atoms with van der Waals surface area (Å²) in [5.41, 5.74) is 6.89. The fraction of sp³-hybridized carbons (Fsp3) is 0.588. The monoisotopic (exact) mass is 388 g/mol. The number of piperidine rings is 1. The lowest BCUT2D eigenvalue weighted by Gasteiger charge is -2.36. The molecule has 0 aromatic heterocycles. The number of benzene rings is 1. The molecule has 138 valence electrons. The maximum Gasteiger partial charge on any atom is 0.254 e. The first-order chi connectivity index (χ1) is 11.9. The van der Waals surface area contributed by atoms with Crippen LogP contribution in [0, 0.1) is 5.92 Å². The maximum atomic E-state index is 12.4. The van der Waals surface area contributed by atoms with Crippen LogP contribution in [-0.4, -0.2) is 52.9 Å². The summed E-state index contributed by atoms with van der Waals surface area (Å²) < 4.78 is 5.34. The van der Waals surface area contributed by atoms with Crippen LogP contribution in [0.3, 0.4) is 0 Å². The Morgan fingerprint density at radius 2 is 1.88 bits per heavy atom. The van der Waals surface area contributed by atoms with Crippen LogP contribution in [0.1, 0.15) is 30.9 Å². The van der Waals surface area contributed by atoms with Gasteiger partial charge >= 0.3 is 0 Å².